The Balaban J connectivity index is 1.68. The Morgan fingerprint density at radius 3 is 2.35 bits per heavy atom. The Bertz CT molecular complexity index is 703. The fourth-order valence-corrected chi connectivity index (χ4v) is 2.97. The maximum atomic E-state index is 11.7. The minimum Gasteiger partial charge on any atom is -0.347 e. The minimum absolute atomic E-state index is 0.198. The van der Waals surface area contributed by atoms with Gasteiger partial charge in [-0.3, -0.25) is 25.2 Å². The molecule has 3 N–H and O–H groups in total. The molecule has 6 nitrogen and oxygen atoms in total. The van der Waals surface area contributed by atoms with Gasteiger partial charge in [-0.25, -0.2) is 0 Å². The highest BCUT2D eigenvalue weighted by atomic mass is 79.9. The maximum absolute atomic E-state index is 11.7. The summed E-state index contributed by atoms with van der Waals surface area (Å²) in [7, 11) is 0. The third-order valence-corrected chi connectivity index (χ3v) is 4.39. The summed E-state index contributed by atoms with van der Waals surface area (Å²) in [5.41, 5.74) is 5.40. The van der Waals surface area contributed by atoms with Crippen LogP contribution in [-0.2, 0) is 16.0 Å². The smallest absolute Gasteiger partial charge is 0.279 e. The summed E-state index contributed by atoms with van der Waals surface area (Å²) >= 11 is 4.50. The van der Waals surface area contributed by atoms with Crippen molar-refractivity contribution in [3.05, 3.63) is 56.7 Å². The van der Waals surface area contributed by atoms with Crippen LogP contribution < -0.4 is 16.2 Å². The van der Waals surface area contributed by atoms with Crippen LogP contribution in [0, 0.1) is 0 Å². The second kappa shape index (κ2) is 8.44. The van der Waals surface area contributed by atoms with Crippen molar-refractivity contribution in [1.82, 2.24) is 16.2 Å². The molecule has 3 amide bonds. The molecule has 2 aromatic rings. The van der Waals surface area contributed by atoms with Crippen LogP contribution in [0.1, 0.15) is 15.2 Å². The van der Waals surface area contributed by atoms with E-state index in [1.54, 1.807) is 12.1 Å². The number of hydrogen-bond donors (Lipinski definition) is 3. The standard InChI is InChI=1S/C15H14BrN3O3S/c16-12-7-6-11(23-12)15(22)19-18-14(21)9-17-13(20)8-10-4-2-1-3-5-10/h1-7H,8-9H2,(H,17,20)(H,18,21)(H,19,22). The molecule has 0 bridgehead atoms. The highest BCUT2D eigenvalue weighted by Gasteiger charge is 2.10. The molecule has 1 heterocycles. The van der Waals surface area contributed by atoms with Gasteiger partial charge >= 0.3 is 0 Å². The molecule has 0 aliphatic heterocycles. The molecular formula is C15H14BrN3O3S. The average Bonchev–Trinajstić information content (AvgIpc) is 2.98. The van der Waals surface area contributed by atoms with Crippen molar-refractivity contribution in [2.45, 2.75) is 6.42 Å². The number of carbonyl (C=O) groups is 3. The van der Waals surface area contributed by atoms with Gasteiger partial charge in [0.25, 0.3) is 11.8 Å². The Kier molecular flexibility index (Phi) is 6.30. The Morgan fingerprint density at radius 1 is 0.957 bits per heavy atom. The summed E-state index contributed by atoms with van der Waals surface area (Å²) in [5.74, 6) is -1.18. The van der Waals surface area contributed by atoms with Gasteiger partial charge in [0.05, 0.1) is 21.6 Å². The van der Waals surface area contributed by atoms with Crippen molar-refractivity contribution >= 4 is 45.0 Å². The van der Waals surface area contributed by atoms with E-state index in [0.717, 1.165) is 9.35 Å². The number of halogens is 1. The summed E-state index contributed by atoms with van der Waals surface area (Å²) in [5, 5.41) is 2.49. The molecule has 0 radical (unpaired) electrons. The molecule has 1 aromatic carbocycles. The van der Waals surface area contributed by atoms with Gasteiger partial charge in [-0.2, -0.15) is 0 Å². The molecule has 2 rings (SSSR count). The quantitative estimate of drug-likeness (QED) is 0.672. The third kappa shape index (κ3) is 5.84. The highest BCUT2D eigenvalue weighted by molar-refractivity contribution is 9.11. The van der Waals surface area contributed by atoms with Crippen LogP contribution >= 0.6 is 27.3 Å². The zero-order valence-corrected chi connectivity index (χ0v) is 14.4. The van der Waals surface area contributed by atoms with Gasteiger partial charge in [0.2, 0.25) is 5.91 Å². The average molecular weight is 396 g/mol. The molecule has 0 saturated heterocycles. The lowest BCUT2D eigenvalue weighted by atomic mass is 10.1. The SMILES string of the molecule is O=C(Cc1ccccc1)NCC(=O)NNC(=O)c1ccc(Br)s1. The van der Waals surface area contributed by atoms with Gasteiger partial charge in [0.1, 0.15) is 0 Å². The number of amides is 3. The molecule has 23 heavy (non-hydrogen) atoms. The molecule has 0 atom stereocenters. The van der Waals surface area contributed by atoms with Gasteiger partial charge in [0.15, 0.2) is 0 Å². The van der Waals surface area contributed by atoms with Crippen molar-refractivity contribution in [3.63, 3.8) is 0 Å². The van der Waals surface area contributed by atoms with E-state index in [2.05, 4.69) is 32.1 Å². The molecule has 0 unspecified atom stereocenters. The van der Waals surface area contributed by atoms with E-state index in [1.807, 2.05) is 30.3 Å². The van der Waals surface area contributed by atoms with E-state index < -0.39 is 11.8 Å². The Morgan fingerprint density at radius 2 is 1.70 bits per heavy atom. The second-order valence-corrected chi connectivity index (χ2v) is 7.01. The molecule has 0 spiro atoms. The fraction of sp³-hybridized carbons (Fsp3) is 0.133. The number of hydrazine groups is 1. The zero-order valence-electron chi connectivity index (χ0n) is 12.0. The van der Waals surface area contributed by atoms with Crippen LogP contribution in [0.15, 0.2) is 46.3 Å². The summed E-state index contributed by atoms with van der Waals surface area (Å²) in [6, 6.07) is 12.6. The van der Waals surface area contributed by atoms with Crippen molar-refractivity contribution in [2.24, 2.45) is 0 Å². The first-order chi connectivity index (χ1) is 11.0. The van der Waals surface area contributed by atoms with Crippen LogP contribution in [0.4, 0.5) is 0 Å². The lowest BCUT2D eigenvalue weighted by Gasteiger charge is -2.07. The summed E-state index contributed by atoms with van der Waals surface area (Å²) in [6.45, 7) is -0.208. The zero-order chi connectivity index (χ0) is 16.7. The van der Waals surface area contributed by atoms with Gasteiger partial charge in [-0.1, -0.05) is 30.3 Å². The largest absolute Gasteiger partial charge is 0.347 e. The van der Waals surface area contributed by atoms with E-state index in [1.165, 1.54) is 11.3 Å². The molecular weight excluding hydrogens is 382 g/mol. The minimum atomic E-state index is -0.504. The number of carbonyl (C=O) groups excluding carboxylic acids is 3. The lowest BCUT2D eigenvalue weighted by molar-refractivity contribution is -0.126. The number of hydrogen-bond acceptors (Lipinski definition) is 4. The van der Waals surface area contributed by atoms with Gasteiger partial charge in [0, 0.05) is 0 Å². The van der Waals surface area contributed by atoms with Crippen LogP contribution in [-0.4, -0.2) is 24.3 Å². The number of benzene rings is 1. The molecule has 120 valence electrons. The predicted molar refractivity (Wildman–Crippen MR) is 90.8 cm³/mol. The molecule has 8 heteroatoms. The first kappa shape index (κ1) is 17.2. The molecule has 0 aliphatic carbocycles. The first-order valence-corrected chi connectivity index (χ1v) is 8.30. The van der Waals surface area contributed by atoms with Crippen molar-refractivity contribution in [1.29, 1.82) is 0 Å². The Hall–Kier alpha value is -2.19. The molecule has 0 fully saturated rings. The molecule has 0 saturated carbocycles. The van der Waals surface area contributed by atoms with E-state index in [-0.39, 0.29) is 18.9 Å². The van der Waals surface area contributed by atoms with Crippen LogP contribution in [0.2, 0.25) is 0 Å². The fourth-order valence-electron chi connectivity index (χ4n) is 1.69. The van der Waals surface area contributed by atoms with Gasteiger partial charge in [-0.05, 0) is 33.6 Å². The highest BCUT2D eigenvalue weighted by Crippen LogP contribution is 2.21. The van der Waals surface area contributed by atoms with E-state index in [9.17, 15) is 14.4 Å². The molecule has 1 aromatic heterocycles. The summed E-state index contributed by atoms with van der Waals surface area (Å²) in [6.07, 6.45) is 0.198. The van der Waals surface area contributed by atoms with Crippen LogP contribution in [0.3, 0.4) is 0 Å². The van der Waals surface area contributed by atoms with E-state index in [4.69, 9.17) is 0 Å². The number of rotatable bonds is 5. The second-order valence-electron chi connectivity index (χ2n) is 4.55. The first-order valence-electron chi connectivity index (χ1n) is 6.70. The summed E-state index contributed by atoms with van der Waals surface area (Å²) < 4.78 is 0.821. The third-order valence-electron chi connectivity index (χ3n) is 2.77. The van der Waals surface area contributed by atoms with Crippen molar-refractivity contribution in [2.75, 3.05) is 6.54 Å². The van der Waals surface area contributed by atoms with Crippen molar-refractivity contribution in [3.8, 4) is 0 Å². The summed E-state index contributed by atoms with van der Waals surface area (Å²) in [4.78, 5) is 35.5. The topological polar surface area (TPSA) is 87.3 Å². The van der Waals surface area contributed by atoms with E-state index in [0.29, 0.717) is 4.88 Å². The number of nitrogens with one attached hydrogen (secondary N) is 3. The van der Waals surface area contributed by atoms with Crippen LogP contribution in [0.5, 0.6) is 0 Å². The molecule has 0 aliphatic rings. The van der Waals surface area contributed by atoms with E-state index >= 15 is 0 Å². The normalized spacial score (nSPS) is 9.96. The Labute approximate surface area is 145 Å². The van der Waals surface area contributed by atoms with Gasteiger partial charge < -0.3 is 5.32 Å². The lowest BCUT2D eigenvalue weighted by Crippen LogP contribution is -2.46. The number of thiophene rings is 1. The van der Waals surface area contributed by atoms with Crippen LogP contribution in [0.25, 0.3) is 0 Å². The predicted octanol–water partition coefficient (Wildman–Crippen LogP) is 1.63. The van der Waals surface area contributed by atoms with Crippen molar-refractivity contribution < 1.29 is 14.4 Å². The monoisotopic (exact) mass is 395 g/mol. The van der Waals surface area contributed by atoms with Gasteiger partial charge in [-0.15, -0.1) is 11.3 Å². The maximum Gasteiger partial charge on any atom is 0.279 e.